The first kappa shape index (κ1) is 25.2. The molecule has 0 fully saturated rings. The molecule has 5 nitrogen and oxygen atoms in total. The molecule has 0 radical (unpaired) electrons. The molecule has 38 heavy (non-hydrogen) atoms. The summed E-state index contributed by atoms with van der Waals surface area (Å²) in [7, 11) is 0. The van der Waals surface area contributed by atoms with Gasteiger partial charge in [0.15, 0.2) is 0 Å². The Morgan fingerprint density at radius 1 is 0.842 bits per heavy atom. The van der Waals surface area contributed by atoms with Crippen LogP contribution in [0.15, 0.2) is 103 Å². The Bertz CT molecular complexity index is 1560. The maximum atomic E-state index is 13.0. The lowest BCUT2D eigenvalue weighted by molar-refractivity contribution is -0.139. The van der Waals surface area contributed by atoms with E-state index >= 15 is 0 Å². The smallest absolute Gasteiger partial charge is 0.326 e. The Balaban J connectivity index is 1.23. The van der Waals surface area contributed by atoms with Crippen LogP contribution >= 0.6 is 11.3 Å². The number of aryl methyl sites for hydroxylation is 1. The summed E-state index contributed by atoms with van der Waals surface area (Å²) in [5.41, 5.74) is 5.24. The number of ether oxygens (including phenoxy) is 1. The number of carboxylic acid groups (broad SMARTS) is 1. The van der Waals surface area contributed by atoms with Crippen LogP contribution in [0.5, 0.6) is 5.75 Å². The number of hydrogen-bond acceptors (Lipinski definition) is 4. The third-order valence-corrected chi connectivity index (χ3v) is 7.45. The molecule has 6 heteroatoms. The number of carbonyl (C=O) groups excluding carboxylic acids is 1. The van der Waals surface area contributed by atoms with E-state index < -0.39 is 17.9 Å². The molecule has 1 aromatic heterocycles. The highest BCUT2D eigenvalue weighted by molar-refractivity contribution is 7.20. The van der Waals surface area contributed by atoms with Gasteiger partial charge in [-0.05, 0) is 64.9 Å². The summed E-state index contributed by atoms with van der Waals surface area (Å²) in [4.78, 5) is 25.4. The Labute approximate surface area is 225 Å². The summed E-state index contributed by atoms with van der Waals surface area (Å²) in [6.07, 6.45) is 0.169. The average Bonchev–Trinajstić information content (AvgIpc) is 3.37. The van der Waals surface area contributed by atoms with Crippen molar-refractivity contribution in [1.29, 1.82) is 0 Å². The maximum absolute atomic E-state index is 13.0. The van der Waals surface area contributed by atoms with E-state index in [1.54, 1.807) is 0 Å². The van der Waals surface area contributed by atoms with Crippen molar-refractivity contribution in [3.05, 3.63) is 125 Å². The lowest BCUT2D eigenvalue weighted by Gasteiger charge is -2.14. The minimum absolute atomic E-state index is 0.169. The molecule has 2 N–H and O–H groups in total. The lowest BCUT2D eigenvalue weighted by Crippen LogP contribution is -2.42. The van der Waals surface area contributed by atoms with Gasteiger partial charge in [-0.1, -0.05) is 78.4 Å². The van der Waals surface area contributed by atoms with Crippen LogP contribution in [0.25, 0.3) is 21.2 Å². The van der Waals surface area contributed by atoms with E-state index in [-0.39, 0.29) is 6.42 Å². The molecule has 0 saturated carbocycles. The summed E-state index contributed by atoms with van der Waals surface area (Å²) in [5.74, 6) is -0.770. The third-order valence-electron chi connectivity index (χ3n) is 6.34. The van der Waals surface area contributed by atoms with Crippen molar-refractivity contribution in [3.8, 4) is 16.9 Å². The van der Waals surface area contributed by atoms with E-state index in [1.165, 1.54) is 16.9 Å². The van der Waals surface area contributed by atoms with E-state index in [4.69, 9.17) is 4.74 Å². The first-order chi connectivity index (χ1) is 18.4. The van der Waals surface area contributed by atoms with Crippen molar-refractivity contribution in [2.24, 2.45) is 0 Å². The average molecular weight is 522 g/mol. The number of aliphatic carboxylic acids is 1. The van der Waals surface area contributed by atoms with Gasteiger partial charge in [0, 0.05) is 11.1 Å². The van der Waals surface area contributed by atoms with Crippen LogP contribution in [-0.4, -0.2) is 23.0 Å². The highest BCUT2D eigenvalue weighted by Crippen LogP contribution is 2.30. The molecule has 190 valence electrons. The van der Waals surface area contributed by atoms with Gasteiger partial charge in [-0.2, -0.15) is 0 Å². The molecular formula is C32H27NO4S. The normalized spacial score (nSPS) is 11.7. The van der Waals surface area contributed by atoms with E-state index in [2.05, 4.69) is 11.4 Å². The number of hydrogen-bond donors (Lipinski definition) is 2. The van der Waals surface area contributed by atoms with Gasteiger partial charge < -0.3 is 15.2 Å². The Hall–Kier alpha value is -4.42. The predicted molar refractivity (Wildman–Crippen MR) is 152 cm³/mol. The second-order valence-corrected chi connectivity index (χ2v) is 10.3. The zero-order valence-electron chi connectivity index (χ0n) is 20.9. The number of rotatable bonds is 9. The molecule has 5 aromatic rings. The number of carbonyl (C=O) groups is 2. The van der Waals surface area contributed by atoms with Gasteiger partial charge >= 0.3 is 5.97 Å². The Morgan fingerprint density at radius 2 is 1.55 bits per heavy atom. The number of carboxylic acids is 1. The van der Waals surface area contributed by atoms with E-state index in [0.29, 0.717) is 17.2 Å². The molecule has 0 aliphatic heterocycles. The first-order valence-electron chi connectivity index (χ1n) is 12.3. The van der Waals surface area contributed by atoms with Gasteiger partial charge in [-0.15, -0.1) is 11.3 Å². The van der Waals surface area contributed by atoms with E-state index in [0.717, 1.165) is 32.3 Å². The third kappa shape index (κ3) is 6.10. The number of fused-ring (bicyclic) bond motifs is 1. The highest BCUT2D eigenvalue weighted by Gasteiger charge is 2.22. The van der Waals surface area contributed by atoms with Crippen LogP contribution in [0.2, 0.25) is 0 Å². The van der Waals surface area contributed by atoms with Crippen molar-refractivity contribution in [3.63, 3.8) is 0 Å². The largest absolute Gasteiger partial charge is 0.489 e. The van der Waals surface area contributed by atoms with Gasteiger partial charge in [0.2, 0.25) is 0 Å². The van der Waals surface area contributed by atoms with Gasteiger partial charge in [0.25, 0.3) is 5.91 Å². The van der Waals surface area contributed by atoms with E-state index in [9.17, 15) is 14.7 Å². The van der Waals surface area contributed by atoms with Crippen LogP contribution in [-0.2, 0) is 17.8 Å². The van der Waals surface area contributed by atoms with Gasteiger partial charge in [0.05, 0.1) is 4.88 Å². The van der Waals surface area contributed by atoms with Crippen LogP contribution < -0.4 is 10.1 Å². The van der Waals surface area contributed by atoms with E-state index in [1.807, 2.05) is 104 Å². The van der Waals surface area contributed by atoms with Crippen LogP contribution in [0.4, 0.5) is 0 Å². The molecule has 1 unspecified atom stereocenters. The predicted octanol–water partition coefficient (Wildman–Crippen LogP) is 6.88. The maximum Gasteiger partial charge on any atom is 0.326 e. The summed E-state index contributed by atoms with van der Waals surface area (Å²) >= 11 is 1.35. The second kappa shape index (κ2) is 11.3. The Kier molecular flexibility index (Phi) is 7.52. The van der Waals surface area contributed by atoms with Crippen LogP contribution in [0.3, 0.4) is 0 Å². The fraction of sp³-hybridized carbons (Fsp3) is 0.125. The van der Waals surface area contributed by atoms with Crippen molar-refractivity contribution in [2.45, 2.75) is 26.0 Å². The zero-order valence-corrected chi connectivity index (χ0v) is 21.7. The number of nitrogens with one attached hydrogen (secondary N) is 1. The van der Waals surface area contributed by atoms with Crippen molar-refractivity contribution in [1.82, 2.24) is 5.32 Å². The molecule has 5 rings (SSSR count). The van der Waals surface area contributed by atoms with Gasteiger partial charge in [0.1, 0.15) is 18.4 Å². The quantitative estimate of drug-likeness (QED) is 0.222. The number of amides is 1. The molecule has 1 atom stereocenters. The Morgan fingerprint density at radius 3 is 2.26 bits per heavy atom. The summed E-state index contributed by atoms with van der Waals surface area (Å²) in [6.45, 7) is 2.50. The minimum atomic E-state index is -1.08. The lowest BCUT2D eigenvalue weighted by atomic mass is 10.0. The molecule has 4 aromatic carbocycles. The summed E-state index contributed by atoms with van der Waals surface area (Å²) in [5, 5.41) is 13.4. The number of thiophene rings is 1. The monoisotopic (exact) mass is 521 g/mol. The van der Waals surface area contributed by atoms with Crippen molar-refractivity contribution >= 4 is 33.3 Å². The number of benzene rings is 4. The molecule has 0 aliphatic rings. The molecule has 0 spiro atoms. The fourth-order valence-corrected chi connectivity index (χ4v) is 5.15. The SMILES string of the molecule is Cc1ccc(COc2ccc(CC(NC(=O)c3cc4cc(-c5ccccc5)ccc4s3)C(=O)O)cc2)cc1. The van der Waals surface area contributed by atoms with Crippen molar-refractivity contribution < 1.29 is 19.4 Å². The fourth-order valence-electron chi connectivity index (χ4n) is 4.20. The standard InChI is InChI=1S/C32H27NO4S/c1-21-7-9-23(10-8-21)20-37-27-14-11-22(12-15-27)17-28(32(35)36)33-31(34)30-19-26-18-25(13-16-29(26)38-30)24-5-3-2-4-6-24/h2-16,18-19,28H,17,20H2,1H3,(H,33,34)(H,35,36). The van der Waals surface area contributed by atoms with Crippen molar-refractivity contribution in [2.75, 3.05) is 0 Å². The summed E-state index contributed by atoms with van der Waals surface area (Å²) in [6, 6.07) is 32.3. The topological polar surface area (TPSA) is 75.6 Å². The summed E-state index contributed by atoms with van der Waals surface area (Å²) < 4.78 is 6.82. The molecule has 1 heterocycles. The van der Waals surface area contributed by atoms with Crippen LogP contribution in [0.1, 0.15) is 26.4 Å². The zero-order chi connectivity index (χ0) is 26.5. The highest BCUT2D eigenvalue weighted by atomic mass is 32.1. The first-order valence-corrected chi connectivity index (χ1v) is 13.2. The molecule has 1 amide bonds. The van der Waals surface area contributed by atoms with Crippen LogP contribution in [0, 0.1) is 6.92 Å². The molecular weight excluding hydrogens is 494 g/mol. The minimum Gasteiger partial charge on any atom is -0.489 e. The molecule has 0 bridgehead atoms. The molecule has 0 saturated heterocycles. The second-order valence-electron chi connectivity index (χ2n) is 9.22. The van der Waals surface area contributed by atoms with Gasteiger partial charge in [-0.25, -0.2) is 4.79 Å². The van der Waals surface area contributed by atoms with Gasteiger partial charge in [-0.3, -0.25) is 4.79 Å². The molecule has 0 aliphatic carbocycles.